The summed E-state index contributed by atoms with van der Waals surface area (Å²) in [5.41, 5.74) is 0. The molecule has 0 aromatic heterocycles. The van der Waals surface area contributed by atoms with E-state index in [0.717, 1.165) is 0 Å². The van der Waals surface area contributed by atoms with Gasteiger partial charge in [0.25, 0.3) is 0 Å². The van der Waals surface area contributed by atoms with Gasteiger partial charge < -0.3 is 0 Å². The lowest BCUT2D eigenvalue weighted by Crippen LogP contribution is -2.26. The average Bonchev–Trinajstić information content (AvgIpc) is 2.12. The topological polar surface area (TPSA) is 102 Å². The fourth-order valence-corrected chi connectivity index (χ4v) is 1.72. The fraction of sp³-hybridized carbons (Fsp3) is 0.571. The summed E-state index contributed by atoms with van der Waals surface area (Å²) in [4.78, 5) is 63.5. The maximum atomic E-state index is 10.6. The Labute approximate surface area is 117 Å². The van der Waals surface area contributed by atoms with Crippen molar-refractivity contribution in [3.63, 3.8) is 0 Å². The second kappa shape index (κ2) is 9.01. The van der Waals surface area contributed by atoms with Crippen molar-refractivity contribution in [2.45, 2.75) is 41.5 Å². The highest BCUT2D eigenvalue weighted by atomic mass is 16.2. The van der Waals surface area contributed by atoms with E-state index in [-0.39, 0.29) is 34.7 Å². The second-order valence-electron chi connectivity index (χ2n) is 4.53. The predicted molar refractivity (Wildman–Crippen MR) is 71.1 cm³/mol. The first-order valence-corrected chi connectivity index (χ1v) is 5.96. The van der Waals surface area contributed by atoms with Crippen LogP contribution in [0.4, 0.5) is 0 Å². The standard InChI is InChI=1S/2C7H10O3/c2*1-4(8)7(5(2)9)6(3)10/h2*7H,1-3H3. The van der Waals surface area contributed by atoms with Crippen molar-refractivity contribution in [3.05, 3.63) is 0 Å². The quantitative estimate of drug-likeness (QED) is 0.666. The summed E-state index contributed by atoms with van der Waals surface area (Å²) >= 11 is 0. The van der Waals surface area contributed by atoms with E-state index in [2.05, 4.69) is 0 Å². The number of ketones is 6. The molecule has 0 fully saturated rings. The van der Waals surface area contributed by atoms with E-state index < -0.39 is 11.8 Å². The van der Waals surface area contributed by atoms with Crippen LogP contribution in [0.5, 0.6) is 0 Å². The minimum absolute atomic E-state index is 0.375. The van der Waals surface area contributed by atoms with Crippen LogP contribution >= 0.6 is 0 Å². The van der Waals surface area contributed by atoms with Crippen LogP contribution in [0.25, 0.3) is 0 Å². The largest absolute Gasteiger partial charge is 0.299 e. The molecule has 20 heavy (non-hydrogen) atoms. The first-order valence-electron chi connectivity index (χ1n) is 5.96. The van der Waals surface area contributed by atoms with Crippen molar-refractivity contribution < 1.29 is 28.8 Å². The van der Waals surface area contributed by atoms with Gasteiger partial charge in [0.15, 0.2) is 0 Å². The third kappa shape index (κ3) is 7.45. The van der Waals surface area contributed by atoms with Gasteiger partial charge in [0.05, 0.1) is 0 Å². The molecule has 0 amide bonds. The van der Waals surface area contributed by atoms with Gasteiger partial charge in [-0.15, -0.1) is 0 Å². The minimum atomic E-state index is -1.03. The summed E-state index contributed by atoms with van der Waals surface area (Å²) in [7, 11) is 0. The molecule has 0 bridgehead atoms. The summed E-state index contributed by atoms with van der Waals surface area (Å²) < 4.78 is 0. The van der Waals surface area contributed by atoms with Gasteiger partial charge in [0, 0.05) is 0 Å². The van der Waals surface area contributed by atoms with Crippen LogP contribution in [0.1, 0.15) is 41.5 Å². The van der Waals surface area contributed by atoms with Crippen LogP contribution in [0.3, 0.4) is 0 Å². The Hall–Kier alpha value is -1.98. The Kier molecular flexibility index (Phi) is 9.16. The normalized spacial score (nSPS) is 9.60. The third-order valence-electron chi connectivity index (χ3n) is 2.44. The summed E-state index contributed by atoms with van der Waals surface area (Å²) in [6.45, 7) is 7.46. The van der Waals surface area contributed by atoms with Crippen molar-refractivity contribution in [2.75, 3.05) is 0 Å². The van der Waals surface area contributed by atoms with Crippen LogP contribution in [0.15, 0.2) is 0 Å². The van der Waals surface area contributed by atoms with Crippen LogP contribution in [0.2, 0.25) is 0 Å². The molecule has 0 spiro atoms. The predicted octanol–water partition coefficient (Wildman–Crippen LogP) is 0.739. The number of hydrogen-bond donors (Lipinski definition) is 0. The molecule has 0 heterocycles. The zero-order valence-corrected chi connectivity index (χ0v) is 12.6. The van der Waals surface area contributed by atoms with Crippen molar-refractivity contribution in [1.82, 2.24) is 0 Å². The van der Waals surface area contributed by atoms with Crippen molar-refractivity contribution >= 4 is 34.7 Å². The molecular weight excluding hydrogens is 264 g/mol. The molecule has 0 rings (SSSR count). The average molecular weight is 284 g/mol. The molecule has 0 radical (unpaired) electrons. The van der Waals surface area contributed by atoms with E-state index in [4.69, 9.17) is 0 Å². The third-order valence-corrected chi connectivity index (χ3v) is 2.44. The molecule has 0 aromatic rings. The van der Waals surface area contributed by atoms with Gasteiger partial charge in [-0.2, -0.15) is 0 Å². The van der Waals surface area contributed by atoms with E-state index in [1.807, 2.05) is 0 Å². The molecule has 0 aliphatic rings. The summed E-state index contributed by atoms with van der Waals surface area (Å²) in [6.07, 6.45) is 0. The maximum absolute atomic E-state index is 10.6. The van der Waals surface area contributed by atoms with Crippen molar-refractivity contribution in [2.24, 2.45) is 11.8 Å². The van der Waals surface area contributed by atoms with E-state index in [9.17, 15) is 28.8 Å². The van der Waals surface area contributed by atoms with Gasteiger partial charge in [-0.1, -0.05) is 0 Å². The minimum Gasteiger partial charge on any atom is -0.299 e. The highest BCUT2D eigenvalue weighted by molar-refractivity contribution is 6.17. The molecule has 0 saturated carbocycles. The van der Waals surface area contributed by atoms with Gasteiger partial charge in [0.1, 0.15) is 46.5 Å². The molecule has 0 atom stereocenters. The molecular formula is C14H20O6. The summed E-state index contributed by atoms with van der Waals surface area (Å²) in [6, 6.07) is 0. The first kappa shape index (κ1) is 20.3. The maximum Gasteiger partial charge on any atom is 0.147 e. The van der Waals surface area contributed by atoms with Crippen LogP contribution in [0, 0.1) is 11.8 Å². The van der Waals surface area contributed by atoms with Crippen LogP contribution < -0.4 is 0 Å². The Morgan fingerprint density at radius 3 is 0.500 bits per heavy atom. The molecule has 0 aliphatic heterocycles. The number of carbonyl (C=O) groups excluding carboxylic acids is 6. The molecule has 0 aliphatic carbocycles. The molecule has 112 valence electrons. The Bertz CT molecular complexity index is 338. The summed E-state index contributed by atoms with van der Waals surface area (Å²) in [5, 5.41) is 0. The van der Waals surface area contributed by atoms with E-state index >= 15 is 0 Å². The highest BCUT2D eigenvalue weighted by Crippen LogP contribution is 2.01. The Morgan fingerprint density at radius 1 is 0.400 bits per heavy atom. The monoisotopic (exact) mass is 284 g/mol. The van der Waals surface area contributed by atoms with Crippen LogP contribution in [-0.2, 0) is 28.8 Å². The van der Waals surface area contributed by atoms with Gasteiger partial charge in [-0.3, -0.25) is 28.8 Å². The van der Waals surface area contributed by atoms with Gasteiger partial charge in [-0.25, -0.2) is 0 Å². The molecule has 0 unspecified atom stereocenters. The van der Waals surface area contributed by atoms with E-state index in [0.29, 0.717) is 0 Å². The Morgan fingerprint density at radius 2 is 0.500 bits per heavy atom. The number of Topliss-reactive ketones (excluding diaryl/α,β-unsaturated/α-hetero) is 6. The number of hydrogen-bond acceptors (Lipinski definition) is 6. The second-order valence-corrected chi connectivity index (χ2v) is 4.53. The lowest BCUT2D eigenvalue weighted by molar-refractivity contribution is -0.139. The van der Waals surface area contributed by atoms with Crippen LogP contribution in [-0.4, -0.2) is 34.7 Å². The molecule has 0 N–H and O–H groups in total. The lowest BCUT2D eigenvalue weighted by Gasteiger charge is -2.02. The molecule has 0 saturated heterocycles. The first-order chi connectivity index (χ1) is 8.93. The van der Waals surface area contributed by atoms with E-state index in [1.165, 1.54) is 41.5 Å². The molecule has 6 nitrogen and oxygen atoms in total. The van der Waals surface area contributed by atoms with Gasteiger partial charge >= 0.3 is 0 Å². The smallest absolute Gasteiger partial charge is 0.147 e. The Balaban J connectivity index is 0. The van der Waals surface area contributed by atoms with Gasteiger partial charge in [-0.05, 0) is 41.5 Å². The van der Waals surface area contributed by atoms with Gasteiger partial charge in [0.2, 0.25) is 0 Å². The fourth-order valence-electron chi connectivity index (χ4n) is 1.72. The van der Waals surface area contributed by atoms with E-state index in [1.54, 1.807) is 0 Å². The molecule has 0 aromatic carbocycles. The lowest BCUT2D eigenvalue weighted by atomic mass is 9.97. The number of rotatable bonds is 6. The highest BCUT2D eigenvalue weighted by Gasteiger charge is 2.24. The zero-order chi connectivity index (χ0) is 16.6. The zero-order valence-electron chi connectivity index (χ0n) is 12.6. The van der Waals surface area contributed by atoms with Crippen molar-refractivity contribution in [3.8, 4) is 0 Å². The summed E-state index contributed by atoms with van der Waals surface area (Å²) in [5.74, 6) is -4.31. The van der Waals surface area contributed by atoms with Crippen molar-refractivity contribution in [1.29, 1.82) is 0 Å². The molecule has 6 heteroatoms. The SMILES string of the molecule is CC(=O)C(C(C)=O)C(C)=O.CC(=O)C(C(C)=O)C(C)=O. The number of carbonyl (C=O) groups is 6.